The summed E-state index contributed by atoms with van der Waals surface area (Å²) in [5.41, 5.74) is -0.242. The maximum absolute atomic E-state index is 11.7. The van der Waals surface area contributed by atoms with Crippen LogP contribution >= 0.6 is 0 Å². The molecule has 2 rings (SSSR count). The maximum Gasteiger partial charge on any atom is 0.328 e. The second-order valence-corrected chi connectivity index (χ2v) is 3.28. The number of carboxylic acid groups (broad SMARTS) is 1. The Bertz CT molecular complexity index is 673. The van der Waals surface area contributed by atoms with Crippen LogP contribution in [0, 0.1) is 0 Å². The minimum absolute atomic E-state index is 0.129. The van der Waals surface area contributed by atoms with Crippen LogP contribution in [0.25, 0.3) is 17.0 Å². The standard InChI is InChI=1S/C11H8N2O4/c14-10(15)6-5-9-12-8-4-2-1-3-7(8)11(16)13(9)17/h1-6,17H,(H,14,15)/b6-5+. The Hall–Kier alpha value is -2.63. The summed E-state index contributed by atoms with van der Waals surface area (Å²) < 4.78 is 0.321. The van der Waals surface area contributed by atoms with Gasteiger partial charge in [0.2, 0.25) is 0 Å². The molecule has 0 amide bonds. The van der Waals surface area contributed by atoms with Crippen molar-refractivity contribution in [3.05, 3.63) is 46.5 Å². The fourth-order valence-corrected chi connectivity index (χ4v) is 1.39. The van der Waals surface area contributed by atoms with Gasteiger partial charge < -0.3 is 10.3 Å². The van der Waals surface area contributed by atoms with Gasteiger partial charge in [-0.25, -0.2) is 9.78 Å². The normalized spacial score (nSPS) is 11.1. The monoisotopic (exact) mass is 232 g/mol. The highest BCUT2D eigenvalue weighted by Gasteiger charge is 2.07. The van der Waals surface area contributed by atoms with Crippen molar-refractivity contribution in [3.63, 3.8) is 0 Å². The van der Waals surface area contributed by atoms with Crippen molar-refractivity contribution in [1.82, 2.24) is 9.71 Å². The quantitative estimate of drug-likeness (QED) is 0.588. The smallest absolute Gasteiger partial charge is 0.328 e. The number of aromatic nitrogens is 2. The summed E-state index contributed by atoms with van der Waals surface area (Å²) in [6.45, 7) is 0. The Labute approximate surface area is 95.0 Å². The Morgan fingerprint density at radius 2 is 2.06 bits per heavy atom. The van der Waals surface area contributed by atoms with Gasteiger partial charge in [0.15, 0.2) is 5.82 Å². The zero-order valence-electron chi connectivity index (χ0n) is 8.57. The molecule has 0 bridgehead atoms. The molecule has 0 atom stereocenters. The van der Waals surface area contributed by atoms with E-state index < -0.39 is 11.5 Å². The highest BCUT2D eigenvalue weighted by molar-refractivity contribution is 5.85. The van der Waals surface area contributed by atoms with Crippen LogP contribution < -0.4 is 5.56 Å². The van der Waals surface area contributed by atoms with Crippen molar-refractivity contribution < 1.29 is 15.1 Å². The van der Waals surface area contributed by atoms with Crippen LogP contribution in [0.2, 0.25) is 0 Å². The molecule has 6 nitrogen and oxygen atoms in total. The molecule has 0 radical (unpaired) electrons. The number of carbonyl (C=O) groups is 1. The predicted octanol–water partition coefficient (Wildman–Crippen LogP) is 0.732. The first-order valence-corrected chi connectivity index (χ1v) is 4.71. The maximum atomic E-state index is 11.7. The van der Waals surface area contributed by atoms with Crippen molar-refractivity contribution >= 4 is 22.9 Å². The van der Waals surface area contributed by atoms with E-state index in [-0.39, 0.29) is 11.2 Å². The van der Waals surface area contributed by atoms with Crippen LogP contribution in [0.5, 0.6) is 0 Å². The van der Waals surface area contributed by atoms with E-state index in [9.17, 15) is 14.8 Å². The molecule has 1 heterocycles. The van der Waals surface area contributed by atoms with Crippen LogP contribution in [-0.2, 0) is 4.79 Å². The average molecular weight is 232 g/mol. The van der Waals surface area contributed by atoms with Gasteiger partial charge in [-0.15, -0.1) is 4.73 Å². The summed E-state index contributed by atoms with van der Waals surface area (Å²) in [6.07, 6.45) is 1.85. The Kier molecular flexibility index (Phi) is 2.61. The van der Waals surface area contributed by atoms with Gasteiger partial charge in [-0.1, -0.05) is 12.1 Å². The molecule has 0 aliphatic rings. The van der Waals surface area contributed by atoms with E-state index in [0.29, 0.717) is 10.2 Å². The van der Waals surface area contributed by atoms with Crippen molar-refractivity contribution in [2.45, 2.75) is 0 Å². The lowest BCUT2D eigenvalue weighted by atomic mass is 10.2. The van der Waals surface area contributed by atoms with Crippen LogP contribution in [0.3, 0.4) is 0 Å². The fraction of sp³-hybridized carbons (Fsp3) is 0. The number of fused-ring (bicyclic) bond motifs is 1. The van der Waals surface area contributed by atoms with Gasteiger partial charge in [-0.2, -0.15) is 0 Å². The molecule has 0 saturated heterocycles. The predicted molar refractivity (Wildman–Crippen MR) is 59.9 cm³/mol. The molecule has 0 saturated carbocycles. The van der Waals surface area contributed by atoms with Crippen LogP contribution in [0.15, 0.2) is 35.1 Å². The Balaban J connectivity index is 2.70. The van der Waals surface area contributed by atoms with Gasteiger partial charge in [0.05, 0.1) is 10.9 Å². The second-order valence-electron chi connectivity index (χ2n) is 3.28. The van der Waals surface area contributed by atoms with E-state index in [4.69, 9.17) is 5.11 Å². The summed E-state index contributed by atoms with van der Waals surface area (Å²) in [6, 6.07) is 6.48. The van der Waals surface area contributed by atoms with E-state index in [1.165, 1.54) is 6.07 Å². The molecule has 0 spiro atoms. The van der Waals surface area contributed by atoms with Gasteiger partial charge in [0.25, 0.3) is 5.56 Å². The topological polar surface area (TPSA) is 92.4 Å². The van der Waals surface area contributed by atoms with E-state index in [2.05, 4.69) is 4.98 Å². The first-order valence-electron chi connectivity index (χ1n) is 4.71. The second kappa shape index (κ2) is 4.09. The average Bonchev–Trinajstić information content (AvgIpc) is 2.32. The van der Waals surface area contributed by atoms with Gasteiger partial charge in [-0.05, 0) is 18.2 Å². The van der Waals surface area contributed by atoms with E-state index >= 15 is 0 Å². The molecule has 17 heavy (non-hydrogen) atoms. The van der Waals surface area contributed by atoms with Gasteiger partial charge in [0, 0.05) is 6.08 Å². The summed E-state index contributed by atoms with van der Waals surface area (Å²) in [5, 5.41) is 18.2. The summed E-state index contributed by atoms with van der Waals surface area (Å²) in [4.78, 5) is 26.0. The lowest BCUT2D eigenvalue weighted by Crippen LogP contribution is -2.21. The lowest BCUT2D eigenvalue weighted by Gasteiger charge is -2.03. The van der Waals surface area contributed by atoms with Gasteiger partial charge >= 0.3 is 5.97 Å². The van der Waals surface area contributed by atoms with Crippen molar-refractivity contribution in [3.8, 4) is 0 Å². The molecule has 1 aromatic heterocycles. The first-order chi connectivity index (χ1) is 8.09. The Morgan fingerprint density at radius 1 is 1.35 bits per heavy atom. The fourth-order valence-electron chi connectivity index (χ4n) is 1.39. The molecule has 0 aliphatic heterocycles. The lowest BCUT2D eigenvalue weighted by molar-refractivity contribution is -0.131. The van der Waals surface area contributed by atoms with Crippen molar-refractivity contribution in [2.75, 3.05) is 0 Å². The van der Waals surface area contributed by atoms with Crippen LogP contribution in [0.4, 0.5) is 0 Å². The number of aliphatic carboxylic acids is 1. The Morgan fingerprint density at radius 3 is 2.76 bits per heavy atom. The molecular weight excluding hydrogens is 224 g/mol. The third-order valence-electron chi connectivity index (χ3n) is 2.15. The molecule has 0 aliphatic carbocycles. The zero-order valence-corrected chi connectivity index (χ0v) is 8.57. The largest absolute Gasteiger partial charge is 0.478 e. The summed E-state index contributed by atoms with van der Waals surface area (Å²) in [7, 11) is 0. The highest BCUT2D eigenvalue weighted by atomic mass is 16.5. The molecule has 0 unspecified atom stereocenters. The van der Waals surface area contributed by atoms with Gasteiger partial charge in [0.1, 0.15) is 0 Å². The SMILES string of the molecule is O=C(O)/C=C/c1nc2ccccc2c(=O)n1O. The number of nitrogens with zero attached hydrogens (tertiary/aromatic N) is 2. The molecule has 1 aromatic carbocycles. The molecule has 86 valence electrons. The van der Waals surface area contributed by atoms with E-state index in [0.717, 1.165) is 12.2 Å². The van der Waals surface area contributed by atoms with E-state index in [1.807, 2.05) is 0 Å². The van der Waals surface area contributed by atoms with Crippen LogP contribution in [0.1, 0.15) is 5.82 Å². The zero-order chi connectivity index (χ0) is 12.4. The van der Waals surface area contributed by atoms with Crippen molar-refractivity contribution in [2.24, 2.45) is 0 Å². The highest BCUT2D eigenvalue weighted by Crippen LogP contribution is 2.07. The molecule has 6 heteroatoms. The van der Waals surface area contributed by atoms with Crippen LogP contribution in [-0.4, -0.2) is 26.0 Å². The minimum atomic E-state index is -1.19. The molecule has 0 fully saturated rings. The summed E-state index contributed by atoms with van der Waals surface area (Å²) >= 11 is 0. The molecule has 2 N–H and O–H groups in total. The number of para-hydroxylation sites is 1. The molecule has 2 aromatic rings. The third-order valence-corrected chi connectivity index (χ3v) is 2.15. The number of benzene rings is 1. The molecular formula is C11H8N2O4. The van der Waals surface area contributed by atoms with Crippen molar-refractivity contribution in [1.29, 1.82) is 0 Å². The number of hydrogen-bond acceptors (Lipinski definition) is 4. The third kappa shape index (κ3) is 2.00. The number of hydrogen-bond donors (Lipinski definition) is 2. The summed E-state index contributed by atoms with van der Waals surface area (Å²) in [5.74, 6) is -1.32. The van der Waals surface area contributed by atoms with E-state index in [1.54, 1.807) is 18.2 Å². The number of rotatable bonds is 2. The minimum Gasteiger partial charge on any atom is -0.478 e. The number of carboxylic acids is 1. The van der Waals surface area contributed by atoms with Gasteiger partial charge in [-0.3, -0.25) is 4.79 Å². The first kappa shape index (κ1) is 10.9.